The summed E-state index contributed by atoms with van der Waals surface area (Å²) in [6.45, 7) is 0.233. The Morgan fingerprint density at radius 1 is 1.19 bits per heavy atom. The maximum atomic E-state index is 12.7. The fourth-order valence-corrected chi connectivity index (χ4v) is 2.81. The van der Waals surface area contributed by atoms with Gasteiger partial charge in [-0.2, -0.15) is 0 Å². The molecule has 0 saturated heterocycles. The van der Waals surface area contributed by atoms with Crippen molar-refractivity contribution in [3.8, 4) is 17.2 Å². The number of hydrogen-bond acceptors (Lipinski definition) is 6. The summed E-state index contributed by atoms with van der Waals surface area (Å²) in [6, 6.07) is 10.2. The minimum Gasteiger partial charge on any atom is -0.493 e. The van der Waals surface area contributed by atoms with Gasteiger partial charge in [0.25, 0.3) is 5.91 Å². The first-order valence-corrected chi connectivity index (χ1v) is 8.47. The maximum Gasteiger partial charge on any atom is 0.343 e. The molecule has 0 spiro atoms. The average molecular weight is 392 g/mol. The summed E-state index contributed by atoms with van der Waals surface area (Å²) in [7, 11) is 2.78. The van der Waals surface area contributed by atoms with E-state index in [2.05, 4.69) is 4.74 Å². The molecule has 2 aromatic carbocycles. The summed E-state index contributed by atoms with van der Waals surface area (Å²) in [5, 5.41) is 0.473. The third kappa shape index (κ3) is 4.25. The van der Waals surface area contributed by atoms with Gasteiger partial charge in [0.05, 0.1) is 19.8 Å². The lowest BCUT2D eigenvalue weighted by molar-refractivity contribution is -0.142. The number of carbonyl (C=O) groups is 2. The molecule has 0 unspecified atom stereocenters. The van der Waals surface area contributed by atoms with Crippen molar-refractivity contribution in [2.75, 3.05) is 27.6 Å². The third-order valence-electron chi connectivity index (χ3n) is 4.01. The van der Waals surface area contributed by atoms with E-state index in [4.69, 9.17) is 25.8 Å². The number of carbonyl (C=O) groups excluding carboxylic acids is 2. The Kier molecular flexibility index (Phi) is 5.71. The molecule has 0 saturated carbocycles. The van der Waals surface area contributed by atoms with Crippen LogP contribution >= 0.6 is 11.6 Å². The quantitative estimate of drug-likeness (QED) is 0.705. The number of benzene rings is 2. The van der Waals surface area contributed by atoms with E-state index in [1.807, 2.05) is 0 Å². The van der Waals surface area contributed by atoms with Gasteiger partial charge in [-0.05, 0) is 35.9 Å². The van der Waals surface area contributed by atoms with Crippen LogP contribution in [0.1, 0.15) is 15.9 Å². The zero-order valence-corrected chi connectivity index (χ0v) is 15.6. The molecular formula is C19H18ClNO6. The van der Waals surface area contributed by atoms with Gasteiger partial charge in [0.2, 0.25) is 0 Å². The number of esters is 1. The van der Waals surface area contributed by atoms with Crippen LogP contribution in [0.15, 0.2) is 36.4 Å². The zero-order valence-electron chi connectivity index (χ0n) is 14.9. The second-order valence-electron chi connectivity index (χ2n) is 5.77. The molecule has 142 valence electrons. The Balaban J connectivity index is 1.74. The second-order valence-corrected chi connectivity index (χ2v) is 6.20. The number of rotatable bonds is 6. The predicted molar refractivity (Wildman–Crippen MR) is 97.3 cm³/mol. The van der Waals surface area contributed by atoms with Gasteiger partial charge < -0.3 is 23.8 Å². The Bertz CT molecular complexity index is 869. The van der Waals surface area contributed by atoms with Crippen molar-refractivity contribution in [1.29, 1.82) is 0 Å². The monoisotopic (exact) mass is 391 g/mol. The minimum absolute atomic E-state index is 0.135. The molecule has 0 bridgehead atoms. The van der Waals surface area contributed by atoms with E-state index in [1.165, 1.54) is 14.2 Å². The zero-order chi connectivity index (χ0) is 19.4. The highest BCUT2D eigenvalue weighted by molar-refractivity contribution is 6.31. The summed E-state index contributed by atoms with van der Waals surface area (Å²) in [5.74, 6) is 0.721. The fraction of sp³-hybridized carbons (Fsp3) is 0.263. The van der Waals surface area contributed by atoms with Crippen LogP contribution in [-0.2, 0) is 16.1 Å². The normalized spacial score (nSPS) is 12.9. The van der Waals surface area contributed by atoms with Gasteiger partial charge in [-0.25, -0.2) is 4.79 Å². The molecule has 0 atom stereocenters. The lowest BCUT2D eigenvalue weighted by atomic mass is 10.1. The molecule has 7 nitrogen and oxygen atoms in total. The van der Waals surface area contributed by atoms with E-state index >= 15 is 0 Å². The number of halogens is 1. The highest BCUT2D eigenvalue weighted by Crippen LogP contribution is 2.31. The van der Waals surface area contributed by atoms with Gasteiger partial charge in [-0.3, -0.25) is 4.79 Å². The molecule has 0 fully saturated rings. The highest BCUT2D eigenvalue weighted by atomic mass is 35.5. The smallest absolute Gasteiger partial charge is 0.343 e. The first-order chi connectivity index (χ1) is 13.0. The molecule has 0 aliphatic carbocycles. The Morgan fingerprint density at radius 3 is 2.74 bits per heavy atom. The van der Waals surface area contributed by atoms with Crippen LogP contribution in [0.2, 0.25) is 5.02 Å². The van der Waals surface area contributed by atoms with Crippen LogP contribution in [0.3, 0.4) is 0 Å². The number of nitrogens with zero attached hydrogens (tertiary/aromatic N) is 1. The Hall–Kier alpha value is -2.93. The highest BCUT2D eigenvalue weighted by Gasteiger charge is 2.26. The molecule has 1 aliphatic rings. The fourth-order valence-electron chi connectivity index (χ4n) is 2.63. The Labute approximate surface area is 161 Å². The minimum atomic E-state index is -0.491. The molecular weight excluding hydrogens is 374 g/mol. The van der Waals surface area contributed by atoms with Gasteiger partial charge in [-0.1, -0.05) is 17.7 Å². The summed E-state index contributed by atoms with van der Waals surface area (Å²) in [4.78, 5) is 25.5. The second kappa shape index (κ2) is 8.18. The summed E-state index contributed by atoms with van der Waals surface area (Å²) in [6.07, 6.45) is 0. The molecule has 0 aromatic heterocycles. The van der Waals surface area contributed by atoms with Crippen LogP contribution in [-0.4, -0.2) is 44.3 Å². The largest absolute Gasteiger partial charge is 0.493 e. The number of methoxy groups -OCH3 is 2. The van der Waals surface area contributed by atoms with E-state index in [0.717, 1.165) is 5.56 Å². The molecule has 1 amide bonds. The lowest BCUT2D eigenvalue weighted by Crippen LogP contribution is -2.38. The molecule has 1 aliphatic heterocycles. The maximum absolute atomic E-state index is 12.7. The van der Waals surface area contributed by atoms with Crippen molar-refractivity contribution >= 4 is 23.5 Å². The molecule has 27 heavy (non-hydrogen) atoms. The summed E-state index contributed by atoms with van der Waals surface area (Å²) < 4.78 is 20.9. The van der Waals surface area contributed by atoms with Crippen LogP contribution in [0.5, 0.6) is 17.2 Å². The standard InChI is InChI=1S/C19H18ClNO6/c1-24-17-7-12(3-5-16(17)26-10-18(22)25-2)9-21-11-27-15-6-4-13(20)8-14(15)19(21)23/h3-8H,9-11H2,1-2H3. The van der Waals surface area contributed by atoms with Gasteiger partial charge >= 0.3 is 5.97 Å². The van der Waals surface area contributed by atoms with E-state index in [0.29, 0.717) is 34.4 Å². The molecule has 0 radical (unpaired) electrons. The molecule has 2 aromatic rings. The average Bonchev–Trinajstić information content (AvgIpc) is 2.69. The number of amides is 1. The predicted octanol–water partition coefficient (Wildman–Crippen LogP) is 2.89. The summed E-state index contributed by atoms with van der Waals surface area (Å²) >= 11 is 5.98. The van der Waals surface area contributed by atoms with Crippen molar-refractivity contribution in [3.05, 3.63) is 52.5 Å². The number of hydrogen-bond donors (Lipinski definition) is 0. The lowest BCUT2D eigenvalue weighted by Gasteiger charge is -2.29. The van der Waals surface area contributed by atoms with E-state index in [9.17, 15) is 9.59 Å². The summed E-state index contributed by atoms with van der Waals surface area (Å²) in [5.41, 5.74) is 1.25. The molecule has 3 rings (SSSR count). The van der Waals surface area contributed by atoms with Crippen LogP contribution in [0, 0.1) is 0 Å². The third-order valence-corrected chi connectivity index (χ3v) is 4.24. The number of fused-ring (bicyclic) bond motifs is 1. The molecule has 8 heteroatoms. The Morgan fingerprint density at radius 2 is 2.00 bits per heavy atom. The van der Waals surface area contributed by atoms with Gasteiger partial charge in [-0.15, -0.1) is 0 Å². The van der Waals surface area contributed by atoms with Crippen molar-refractivity contribution in [3.63, 3.8) is 0 Å². The van der Waals surface area contributed by atoms with E-state index < -0.39 is 5.97 Å². The van der Waals surface area contributed by atoms with Crippen molar-refractivity contribution < 1.29 is 28.5 Å². The first kappa shape index (κ1) is 18.8. The van der Waals surface area contributed by atoms with E-state index in [-0.39, 0.29) is 19.2 Å². The van der Waals surface area contributed by atoms with Gasteiger partial charge in [0, 0.05) is 11.6 Å². The van der Waals surface area contributed by atoms with E-state index in [1.54, 1.807) is 41.3 Å². The number of ether oxygens (including phenoxy) is 4. The van der Waals surface area contributed by atoms with Crippen LogP contribution in [0.4, 0.5) is 0 Å². The van der Waals surface area contributed by atoms with Crippen molar-refractivity contribution in [2.45, 2.75) is 6.54 Å². The van der Waals surface area contributed by atoms with Crippen LogP contribution in [0.25, 0.3) is 0 Å². The first-order valence-electron chi connectivity index (χ1n) is 8.10. The topological polar surface area (TPSA) is 74.3 Å². The molecule has 1 heterocycles. The van der Waals surface area contributed by atoms with Crippen molar-refractivity contribution in [1.82, 2.24) is 4.90 Å². The van der Waals surface area contributed by atoms with Crippen molar-refractivity contribution in [2.24, 2.45) is 0 Å². The van der Waals surface area contributed by atoms with Gasteiger partial charge in [0.1, 0.15) is 5.75 Å². The SMILES string of the molecule is COC(=O)COc1ccc(CN2COc3ccc(Cl)cc3C2=O)cc1OC. The molecule has 0 N–H and O–H groups in total. The van der Waals surface area contributed by atoms with Crippen LogP contribution < -0.4 is 14.2 Å². The van der Waals surface area contributed by atoms with Gasteiger partial charge in [0.15, 0.2) is 24.8 Å².